The van der Waals surface area contributed by atoms with Crippen molar-refractivity contribution in [2.24, 2.45) is 0 Å². The second-order valence-electron chi connectivity index (χ2n) is 8.19. The molecule has 8 heteroatoms. The van der Waals surface area contributed by atoms with Crippen LogP contribution < -0.4 is 20.3 Å². The molecule has 0 atom stereocenters. The van der Waals surface area contributed by atoms with E-state index in [4.69, 9.17) is 14.2 Å². The summed E-state index contributed by atoms with van der Waals surface area (Å²) in [5.41, 5.74) is -0.831. The number of pyridine rings is 1. The summed E-state index contributed by atoms with van der Waals surface area (Å²) in [6, 6.07) is 5.17. The molecule has 0 radical (unpaired) electrons. The van der Waals surface area contributed by atoms with Gasteiger partial charge in [0.05, 0.1) is 26.3 Å². The molecule has 8 nitrogen and oxygen atoms in total. The Bertz CT molecular complexity index is 1070. The molecule has 166 valence electrons. The van der Waals surface area contributed by atoms with Crippen LogP contribution >= 0.6 is 0 Å². The van der Waals surface area contributed by atoms with E-state index in [0.29, 0.717) is 48.4 Å². The number of hydrogen-bond acceptors (Lipinski definition) is 6. The number of benzene rings is 1. The number of methoxy groups -OCH3 is 2. The molecular weight excluding hydrogens is 400 g/mol. The lowest BCUT2D eigenvalue weighted by molar-refractivity contribution is -0.148. The molecule has 31 heavy (non-hydrogen) atoms. The first-order valence-electron chi connectivity index (χ1n) is 10.8. The van der Waals surface area contributed by atoms with Crippen LogP contribution in [-0.2, 0) is 16.1 Å². The van der Waals surface area contributed by atoms with E-state index in [1.807, 2.05) is 6.07 Å². The van der Waals surface area contributed by atoms with Crippen LogP contribution in [0.3, 0.4) is 0 Å². The quantitative estimate of drug-likeness (QED) is 0.753. The van der Waals surface area contributed by atoms with Gasteiger partial charge in [0.25, 0.3) is 11.5 Å². The van der Waals surface area contributed by atoms with Gasteiger partial charge in [0.2, 0.25) is 0 Å². The Balaban J connectivity index is 1.83. The lowest BCUT2D eigenvalue weighted by Gasteiger charge is -2.27. The second-order valence-corrected chi connectivity index (χ2v) is 8.19. The van der Waals surface area contributed by atoms with Crippen molar-refractivity contribution < 1.29 is 23.8 Å². The molecule has 1 saturated carbocycles. The van der Waals surface area contributed by atoms with Crippen LogP contribution in [0.25, 0.3) is 10.9 Å². The molecule has 1 fully saturated rings. The molecule has 2 aromatic rings. The number of nitrogens with one attached hydrogen (secondary N) is 1. The van der Waals surface area contributed by atoms with Crippen molar-refractivity contribution in [3.63, 3.8) is 0 Å². The van der Waals surface area contributed by atoms with Gasteiger partial charge in [-0.25, -0.2) is 4.79 Å². The Morgan fingerprint density at radius 3 is 2.58 bits per heavy atom. The minimum Gasteiger partial charge on any atom is -0.493 e. The third-order valence-electron chi connectivity index (χ3n) is 6.29. The Morgan fingerprint density at radius 2 is 1.87 bits per heavy atom. The zero-order chi connectivity index (χ0) is 22.0. The fraction of sp³-hybridized carbons (Fsp3) is 0.522. The highest BCUT2D eigenvalue weighted by Crippen LogP contribution is 2.36. The maximum absolute atomic E-state index is 13.4. The standard InChI is InChI=1S/C23H28N2O6/c1-29-17-9-8-15-14-16(20(26)24-23(22(28)30-2)10-4-5-11-23)21(27)25-12-6-3-7-13-31-19(17)18(15)25/h8-9,14H,3-7,10-13H2,1-2H3,(H,24,26). The fourth-order valence-electron chi connectivity index (χ4n) is 4.66. The molecule has 1 N–H and O–H groups in total. The first kappa shape index (κ1) is 21.2. The Kier molecular flexibility index (Phi) is 5.89. The van der Waals surface area contributed by atoms with Crippen LogP contribution in [0.5, 0.6) is 11.5 Å². The molecule has 2 heterocycles. The van der Waals surface area contributed by atoms with Crippen LogP contribution in [0.4, 0.5) is 0 Å². The minimum atomic E-state index is -1.07. The van der Waals surface area contributed by atoms with Crippen molar-refractivity contribution in [1.82, 2.24) is 9.88 Å². The van der Waals surface area contributed by atoms with Gasteiger partial charge >= 0.3 is 5.97 Å². The normalized spacial score (nSPS) is 17.7. The molecule has 1 aliphatic heterocycles. The minimum absolute atomic E-state index is 0.0121. The summed E-state index contributed by atoms with van der Waals surface area (Å²) in [4.78, 5) is 39.1. The fourth-order valence-corrected chi connectivity index (χ4v) is 4.66. The van der Waals surface area contributed by atoms with Crippen LogP contribution in [0.15, 0.2) is 23.0 Å². The largest absolute Gasteiger partial charge is 0.493 e. The number of nitrogens with zero attached hydrogens (tertiary/aromatic N) is 1. The predicted octanol–water partition coefficient (Wildman–Crippen LogP) is 2.79. The van der Waals surface area contributed by atoms with Gasteiger partial charge in [-0.15, -0.1) is 0 Å². The van der Waals surface area contributed by atoms with E-state index in [-0.39, 0.29) is 5.56 Å². The van der Waals surface area contributed by atoms with E-state index in [2.05, 4.69) is 5.32 Å². The van der Waals surface area contributed by atoms with Gasteiger partial charge in [-0.2, -0.15) is 0 Å². The summed E-state index contributed by atoms with van der Waals surface area (Å²) in [6.07, 6.45) is 5.22. The highest BCUT2D eigenvalue weighted by Gasteiger charge is 2.44. The highest BCUT2D eigenvalue weighted by atomic mass is 16.5. The van der Waals surface area contributed by atoms with E-state index in [0.717, 1.165) is 32.1 Å². The van der Waals surface area contributed by atoms with Crippen LogP contribution in [-0.4, -0.2) is 42.8 Å². The molecular formula is C23H28N2O6. The van der Waals surface area contributed by atoms with Crippen molar-refractivity contribution in [3.05, 3.63) is 34.1 Å². The van der Waals surface area contributed by atoms with Crippen LogP contribution in [0.1, 0.15) is 55.3 Å². The molecule has 1 aromatic heterocycles. The summed E-state index contributed by atoms with van der Waals surface area (Å²) in [5, 5.41) is 3.54. The van der Waals surface area contributed by atoms with Crippen LogP contribution in [0.2, 0.25) is 0 Å². The van der Waals surface area contributed by atoms with Gasteiger partial charge in [0, 0.05) is 11.9 Å². The highest BCUT2D eigenvalue weighted by molar-refractivity contribution is 6.01. The molecule has 0 bridgehead atoms. The van der Waals surface area contributed by atoms with E-state index in [1.54, 1.807) is 23.8 Å². The van der Waals surface area contributed by atoms with Crippen molar-refractivity contribution in [1.29, 1.82) is 0 Å². The monoisotopic (exact) mass is 428 g/mol. The van der Waals surface area contributed by atoms with Gasteiger partial charge in [0.1, 0.15) is 11.1 Å². The van der Waals surface area contributed by atoms with Crippen molar-refractivity contribution in [2.75, 3.05) is 20.8 Å². The van der Waals surface area contributed by atoms with Crippen molar-refractivity contribution in [3.8, 4) is 11.5 Å². The lowest BCUT2D eigenvalue weighted by Crippen LogP contribution is -2.54. The average molecular weight is 428 g/mol. The smallest absolute Gasteiger partial charge is 0.331 e. The van der Waals surface area contributed by atoms with E-state index >= 15 is 0 Å². The molecule has 4 rings (SSSR count). The topological polar surface area (TPSA) is 95.9 Å². The van der Waals surface area contributed by atoms with Gasteiger partial charge in [-0.3, -0.25) is 9.59 Å². The zero-order valence-corrected chi connectivity index (χ0v) is 18.0. The van der Waals surface area contributed by atoms with Gasteiger partial charge in [-0.1, -0.05) is 12.8 Å². The average Bonchev–Trinajstić information content (AvgIpc) is 3.28. The van der Waals surface area contributed by atoms with E-state index < -0.39 is 23.0 Å². The summed E-state index contributed by atoms with van der Waals surface area (Å²) in [5.74, 6) is 0.0509. The number of carbonyl (C=O) groups excluding carboxylic acids is 2. The number of hydrogen-bond donors (Lipinski definition) is 1. The predicted molar refractivity (Wildman–Crippen MR) is 115 cm³/mol. The molecule has 0 saturated heterocycles. The Morgan fingerprint density at radius 1 is 1.10 bits per heavy atom. The van der Waals surface area contributed by atoms with E-state index in [9.17, 15) is 14.4 Å². The number of ether oxygens (including phenoxy) is 3. The first-order chi connectivity index (χ1) is 15.0. The number of rotatable bonds is 4. The number of esters is 1. The summed E-state index contributed by atoms with van der Waals surface area (Å²) in [6.45, 7) is 1.01. The number of aryl methyl sites for hydroxylation is 1. The maximum Gasteiger partial charge on any atom is 0.331 e. The Hall–Kier alpha value is -3.03. The van der Waals surface area contributed by atoms with Gasteiger partial charge < -0.3 is 24.1 Å². The molecule has 0 spiro atoms. The summed E-state index contributed by atoms with van der Waals surface area (Å²) in [7, 11) is 2.87. The number of carbonyl (C=O) groups is 2. The second kappa shape index (κ2) is 8.61. The van der Waals surface area contributed by atoms with Crippen molar-refractivity contribution >= 4 is 22.8 Å². The lowest BCUT2D eigenvalue weighted by atomic mass is 9.97. The molecule has 2 aliphatic rings. The third-order valence-corrected chi connectivity index (χ3v) is 6.29. The SMILES string of the molecule is COC(=O)C1(NC(=O)c2cc3ccc(OC)c4c3n(c2=O)CCCCCO4)CCCC1. The van der Waals surface area contributed by atoms with E-state index in [1.165, 1.54) is 7.11 Å². The molecule has 1 amide bonds. The first-order valence-corrected chi connectivity index (χ1v) is 10.8. The molecule has 0 unspecified atom stereocenters. The van der Waals surface area contributed by atoms with Crippen molar-refractivity contribution in [2.45, 2.75) is 57.0 Å². The van der Waals surface area contributed by atoms with Gasteiger partial charge in [0.15, 0.2) is 11.5 Å². The summed E-state index contributed by atoms with van der Waals surface area (Å²) < 4.78 is 18.0. The van der Waals surface area contributed by atoms with Crippen LogP contribution in [0, 0.1) is 0 Å². The summed E-state index contributed by atoms with van der Waals surface area (Å²) >= 11 is 0. The number of aromatic nitrogens is 1. The zero-order valence-electron chi connectivity index (χ0n) is 18.0. The van der Waals surface area contributed by atoms with Gasteiger partial charge in [-0.05, 0) is 50.3 Å². The molecule has 1 aliphatic carbocycles. The number of amides is 1. The molecule has 1 aromatic carbocycles. The third kappa shape index (κ3) is 3.75. The maximum atomic E-state index is 13.4. The Labute approximate surface area is 180 Å².